The number of hydrogen-bond acceptors (Lipinski definition) is 8. The van der Waals surface area contributed by atoms with Crippen molar-refractivity contribution < 1.29 is 13.2 Å². The molecule has 0 aliphatic carbocycles. The van der Waals surface area contributed by atoms with Crippen LogP contribution in [-0.4, -0.2) is 38.8 Å². The molecular weight excluding hydrogens is 474 g/mol. The molecule has 4 rings (SSSR count). The Kier molecular flexibility index (Phi) is 6.51. The Bertz CT molecular complexity index is 1600. The maximum Gasteiger partial charge on any atom is 0.328 e. The molecule has 0 unspecified atom stereocenters. The fraction of sp³-hybridized carbons (Fsp3) is 0.0909. The van der Waals surface area contributed by atoms with E-state index in [1.807, 2.05) is 0 Å². The molecule has 0 bridgehead atoms. The number of carbonyl (C=O) groups excluding carboxylic acids is 1. The average molecular weight is 494 g/mol. The summed E-state index contributed by atoms with van der Waals surface area (Å²) in [6.45, 7) is 1.59. The minimum absolute atomic E-state index is 0.0672. The van der Waals surface area contributed by atoms with Crippen LogP contribution in [0.4, 0.5) is 11.6 Å². The number of amides is 1. The predicted octanol–water partition coefficient (Wildman–Crippen LogP) is 1.13. The summed E-state index contributed by atoms with van der Waals surface area (Å²) in [4.78, 5) is 51.8. The second-order valence-electron chi connectivity index (χ2n) is 7.33. The van der Waals surface area contributed by atoms with Crippen molar-refractivity contribution in [3.8, 4) is 0 Å². The van der Waals surface area contributed by atoms with E-state index in [1.54, 1.807) is 31.2 Å². The van der Waals surface area contributed by atoms with Crippen LogP contribution in [0.1, 0.15) is 21.7 Å². The first kappa shape index (κ1) is 23.5. The summed E-state index contributed by atoms with van der Waals surface area (Å²) in [6.07, 6.45) is 3.98. The molecule has 35 heavy (non-hydrogen) atoms. The third-order valence-electron chi connectivity index (χ3n) is 4.79. The van der Waals surface area contributed by atoms with Gasteiger partial charge in [0, 0.05) is 30.0 Å². The molecule has 1 amide bonds. The van der Waals surface area contributed by atoms with Crippen molar-refractivity contribution >= 4 is 27.6 Å². The molecular formula is C22H19N7O5S. The monoisotopic (exact) mass is 493 g/mol. The molecule has 3 heterocycles. The first-order valence-corrected chi connectivity index (χ1v) is 11.7. The lowest BCUT2D eigenvalue weighted by molar-refractivity contribution is 0.102. The van der Waals surface area contributed by atoms with Crippen LogP contribution in [0.5, 0.6) is 0 Å². The van der Waals surface area contributed by atoms with Crippen molar-refractivity contribution in [2.45, 2.75) is 18.4 Å². The van der Waals surface area contributed by atoms with Gasteiger partial charge in [-0.05, 0) is 49.4 Å². The molecule has 4 aromatic rings. The first-order chi connectivity index (χ1) is 16.7. The molecule has 0 radical (unpaired) electrons. The van der Waals surface area contributed by atoms with E-state index in [9.17, 15) is 22.8 Å². The van der Waals surface area contributed by atoms with Crippen LogP contribution >= 0.6 is 0 Å². The van der Waals surface area contributed by atoms with E-state index < -0.39 is 27.2 Å². The Morgan fingerprint density at radius 3 is 2.49 bits per heavy atom. The number of benzene rings is 1. The molecule has 0 saturated carbocycles. The number of H-pyrrole nitrogens is 1. The molecule has 3 N–H and O–H groups in total. The zero-order chi connectivity index (χ0) is 25.0. The molecule has 0 atom stereocenters. The topological polar surface area (TPSA) is 169 Å². The van der Waals surface area contributed by atoms with E-state index in [-0.39, 0.29) is 28.6 Å². The molecule has 0 spiro atoms. The summed E-state index contributed by atoms with van der Waals surface area (Å²) in [5.74, 6) is -0.842. The van der Waals surface area contributed by atoms with E-state index in [0.29, 0.717) is 11.4 Å². The zero-order valence-electron chi connectivity index (χ0n) is 18.3. The van der Waals surface area contributed by atoms with Gasteiger partial charge in [0.25, 0.3) is 21.5 Å². The van der Waals surface area contributed by atoms with Gasteiger partial charge in [-0.2, -0.15) is 0 Å². The maximum atomic E-state index is 12.8. The second-order valence-corrected chi connectivity index (χ2v) is 9.01. The number of aromatic amines is 1. The third kappa shape index (κ3) is 5.47. The van der Waals surface area contributed by atoms with Gasteiger partial charge in [-0.3, -0.25) is 19.1 Å². The maximum absolute atomic E-state index is 12.8. The SMILES string of the molecule is Cc1ccnc(NS(=O)(=O)c2ccc(NC(=O)c3c[nH]c(=O)n(Cc4ccccn4)c3=O)cc2)n1. The Balaban J connectivity index is 1.51. The highest BCUT2D eigenvalue weighted by atomic mass is 32.2. The van der Waals surface area contributed by atoms with Gasteiger partial charge in [-0.25, -0.2) is 27.9 Å². The average Bonchev–Trinajstić information content (AvgIpc) is 2.82. The van der Waals surface area contributed by atoms with Crippen LogP contribution in [0, 0.1) is 6.92 Å². The summed E-state index contributed by atoms with van der Waals surface area (Å²) in [5.41, 5.74) is -0.468. The van der Waals surface area contributed by atoms with Gasteiger partial charge < -0.3 is 10.3 Å². The fourth-order valence-corrected chi connectivity index (χ4v) is 4.02. The first-order valence-electron chi connectivity index (χ1n) is 10.2. The predicted molar refractivity (Wildman–Crippen MR) is 127 cm³/mol. The highest BCUT2D eigenvalue weighted by molar-refractivity contribution is 7.92. The highest BCUT2D eigenvalue weighted by Crippen LogP contribution is 2.17. The largest absolute Gasteiger partial charge is 0.328 e. The number of nitrogens with zero attached hydrogens (tertiary/aromatic N) is 4. The third-order valence-corrected chi connectivity index (χ3v) is 6.14. The molecule has 0 aliphatic heterocycles. The van der Waals surface area contributed by atoms with Crippen molar-refractivity contribution in [2.75, 3.05) is 10.0 Å². The van der Waals surface area contributed by atoms with Crippen molar-refractivity contribution in [1.29, 1.82) is 0 Å². The molecule has 13 heteroatoms. The number of carbonyl (C=O) groups is 1. The van der Waals surface area contributed by atoms with Crippen molar-refractivity contribution in [3.63, 3.8) is 0 Å². The number of pyridine rings is 1. The Morgan fingerprint density at radius 2 is 1.80 bits per heavy atom. The molecule has 0 fully saturated rings. The van der Waals surface area contributed by atoms with E-state index in [4.69, 9.17) is 0 Å². The summed E-state index contributed by atoms with van der Waals surface area (Å²) >= 11 is 0. The molecule has 178 valence electrons. The zero-order valence-corrected chi connectivity index (χ0v) is 19.1. The summed E-state index contributed by atoms with van der Waals surface area (Å²) < 4.78 is 28.3. The van der Waals surface area contributed by atoms with Crippen LogP contribution in [0.3, 0.4) is 0 Å². The number of nitrogens with one attached hydrogen (secondary N) is 3. The Labute approximate surface area is 198 Å². The van der Waals surface area contributed by atoms with E-state index >= 15 is 0 Å². The van der Waals surface area contributed by atoms with Crippen LogP contribution in [0.15, 0.2) is 81.6 Å². The van der Waals surface area contributed by atoms with Crippen LogP contribution in [0.2, 0.25) is 0 Å². The van der Waals surface area contributed by atoms with Crippen molar-refractivity contribution in [1.82, 2.24) is 24.5 Å². The Hall–Kier alpha value is -4.65. The summed E-state index contributed by atoms with van der Waals surface area (Å²) in [5, 5.41) is 2.52. The van der Waals surface area contributed by atoms with Gasteiger partial charge in [-0.1, -0.05) is 6.07 Å². The lowest BCUT2D eigenvalue weighted by Crippen LogP contribution is -2.39. The Morgan fingerprint density at radius 1 is 1.03 bits per heavy atom. The van der Waals surface area contributed by atoms with Crippen molar-refractivity contribution in [2.24, 2.45) is 0 Å². The van der Waals surface area contributed by atoms with E-state index in [1.165, 1.54) is 36.7 Å². The van der Waals surface area contributed by atoms with Gasteiger partial charge >= 0.3 is 5.69 Å². The number of sulfonamides is 1. The van der Waals surface area contributed by atoms with Gasteiger partial charge in [0.05, 0.1) is 17.1 Å². The number of anilines is 2. The van der Waals surface area contributed by atoms with Crippen LogP contribution < -0.4 is 21.3 Å². The molecule has 0 aliphatic rings. The molecule has 0 saturated heterocycles. The fourth-order valence-electron chi connectivity index (χ4n) is 3.06. The van der Waals surface area contributed by atoms with Crippen LogP contribution in [-0.2, 0) is 16.6 Å². The van der Waals surface area contributed by atoms with Crippen LogP contribution in [0.25, 0.3) is 0 Å². The van der Waals surface area contributed by atoms with Gasteiger partial charge in [0.15, 0.2) is 0 Å². The lowest BCUT2D eigenvalue weighted by Gasteiger charge is -2.09. The highest BCUT2D eigenvalue weighted by Gasteiger charge is 2.18. The van der Waals surface area contributed by atoms with E-state index in [2.05, 4.69) is 30.0 Å². The van der Waals surface area contributed by atoms with Gasteiger partial charge in [0.2, 0.25) is 5.95 Å². The van der Waals surface area contributed by atoms with E-state index in [0.717, 1.165) is 10.8 Å². The smallest absolute Gasteiger partial charge is 0.322 e. The number of aryl methyl sites for hydroxylation is 1. The minimum Gasteiger partial charge on any atom is -0.322 e. The lowest BCUT2D eigenvalue weighted by atomic mass is 10.2. The van der Waals surface area contributed by atoms with Crippen molar-refractivity contribution in [3.05, 3.63) is 105 Å². The molecule has 1 aromatic carbocycles. The second kappa shape index (κ2) is 9.69. The summed E-state index contributed by atoms with van der Waals surface area (Å²) in [6, 6.07) is 12.0. The van der Waals surface area contributed by atoms with Gasteiger partial charge in [0.1, 0.15) is 5.56 Å². The standard InChI is InChI=1S/C22H19N7O5S/c1-14-9-11-24-21(26-14)28-35(33,34)17-7-5-15(6-8-17)27-19(30)18-12-25-22(32)29(20(18)31)13-16-4-2-3-10-23-16/h2-12H,13H2,1H3,(H,25,32)(H,27,30)(H,24,26,28). The molecule has 3 aromatic heterocycles. The normalized spacial score (nSPS) is 11.1. The number of aromatic nitrogens is 5. The quantitative estimate of drug-likeness (QED) is 0.344. The number of rotatable bonds is 7. The summed E-state index contributed by atoms with van der Waals surface area (Å²) in [7, 11) is -3.96. The minimum atomic E-state index is -3.96. The van der Waals surface area contributed by atoms with Gasteiger partial charge in [-0.15, -0.1) is 0 Å². The molecule has 12 nitrogen and oxygen atoms in total. The number of hydrogen-bond donors (Lipinski definition) is 3.